The highest BCUT2D eigenvalue weighted by Gasteiger charge is 2.11. The quantitative estimate of drug-likeness (QED) is 0.449. The SMILES string of the molecule is CC(C)COC(=NCCC[NH+](C)C)NC(=O)c1ccc(F)cc1. The van der Waals surface area contributed by atoms with Crippen LogP contribution in [-0.4, -0.2) is 45.7 Å². The van der Waals surface area contributed by atoms with Crippen LogP contribution in [0, 0.1) is 11.7 Å². The lowest BCUT2D eigenvalue weighted by Crippen LogP contribution is -3.05. The molecule has 23 heavy (non-hydrogen) atoms. The van der Waals surface area contributed by atoms with Crippen LogP contribution in [0.25, 0.3) is 0 Å². The first-order valence-corrected chi connectivity index (χ1v) is 7.91. The number of ether oxygens (including phenoxy) is 1. The topological polar surface area (TPSA) is 55.1 Å². The van der Waals surface area contributed by atoms with Crippen molar-refractivity contribution in [1.29, 1.82) is 0 Å². The van der Waals surface area contributed by atoms with E-state index in [1.807, 2.05) is 13.8 Å². The Morgan fingerprint density at radius 3 is 2.52 bits per heavy atom. The highest BCUT2D eigenvalue weighted by molar-refractivity contribution is 6.04. The van der Waals surface area contributed by atoms with Crippen LogP contribution in [0.2, 0.25) is 0 Å². The number of rotatable bonds is 7. The van der Waals surface area contributed by atoms with Gasteiger partial charge in [-0.2, -0.15) is 0 Å². The number of carbonyl (C=O) groups excluding carboxylic acids is 1. The fourth-order valence-electron chi connectivity index (χ4n) is 1.75. The van der Waals surface area contributed by atoms with Crippen LogP contribution >= 0.6 is 0 Å². The maximum atomic E-state index is 12.9. The Bertz CT molecular complexity index is 513. The minimum absolute atomic E-state index is 0.224. The van der Waals surface area contributed by atoms with Gasteiger partial charge in [-0.15, -0.1) is 0 Å². The maximum absolute atomic E-state index is 12.9. The molecule has 0 aliphatic carbocycles. The molecule has 0 aromatic heterocycles. The molecule has 6 heteroatoms. The first-order chi connectivity index (χ1) is 10.9. The van der Waals surface area contributed by atoms with Crippen molar-refractivity contribution in [2.45, 2.75) is 20.3 Å². The van der Waals surface area contributed by atoms with Gasteiger partial charge < -0.3 is 9.64 Å². The summed E-state index contributed by atoms with van der Waals surface area (Å²) in [5.74, 6) is -0.405. The summed E-state index contributed by atoms with van der Waals surface area (Å²) >= 11 is 0. The number of benzene rings is 1. The van der Waals surface area contributed by atoms with Gasteiger partial charge in [0.05, 0.1) is 27.2 Å². The first kappa shape index (κ1) is 19.1. The molecule has 0 bridgehead atoms. The number of carbonyl (C=O) groups is 1. The van der Waals surface area contributed by atoms with E-state index in [0.717, 1.165) is 13.0 Å². The average molecular weight is 324 g/mol. The highest BCUT2D eigenvalue weighted by Crippen LogP contribution is 2.03. The molecule has 1 amide bonds. The van der Waals surface area contributed by atoms with Gasteiger partial charge in [0, 0.05) is 18.5 Å². The van der Waals surface area contributed by atoms with Crippen LogP contribution < -0.4 is 10.2 Å². The number of hydrogen-bond donors (Lipinski definition) is 2. The second-order valence-electron chi connectivity index (χ2n) is 6.16. The Balaban J connectivity index is 2.64. The van der Waals surface area contributed by atoms with E-state index < -0.39 is 0 Å². The van der Waals surface area contributed by atoms with Gasteiger partial charge in [0.1, 0.15) is 5.82 Å². The number of amides is 1. The van der Waals surface area contributed by atoms with E-state index in [1.54, 1.807) is 0 Å². The second-order valence-corrected chi connectivity index (χ2v) is 6.16. The maximum Gasteiger partial charge on any atom is 0.291 e. The van der Waals surface area contributed by atoms with Gasteiger partial charge in [-0.1, -0.05) is 13.8 Å². The van der Waals surface area contributed by atoms with Crippen molar-refractivity contribution in [1.82, 2.24) is 5.32 Å². The van der Waals surface area contributed by atoms with E-state index in [2.05, 4.69) is 24.4 Å². The lowest BCUT2D eigenvalue weighted by atomic mass is 10.2. The summed E-state index contributed by atoms with van der Waals surface area (Å²) < 4.78 is 18.5. The number of amidine groups is 1. The molecular formula is C17H27FN3O2+. The van der Waals surface area contributed by atoms with E-state index >= 15 is 0 Å². The summed E-state index contributed by atoms with van der Waals surface area (Å²) in [7, 11) is 4.16. The van der Waals surface area contributed by atoms with Crippen LogP contribution in [0.4, 0.5) is 4.39 Å². The largest absolute Gasteiger partial charge is 0.465 e. The zero-order valence-electron chi connectivity index (χ0n) is 14.4. The van der Waals surface area contributed by atoms with Gasteiger partial charge in [0.25, 0.3) is 11.9 Å². The van der Waals surface area contributed by atoms with Gasteiger partial charge in [-0.05, 0) is 30.2 Å². The molecule has 0 radical (unpaired) electrons. The number of aliphatic imine (C=N–C) groups is 1. The number of halogens is 1. The minimum Gasteiger partial charge on any atom is -0.465 e. The fourth-order valence-corrected chi connectivity index (χ4v) is 1.75. The van der Waals surface area contributed by atoms with Crippen LogP contribution in [0.15, 0.2) is 29.3 Å². The van der Waals surface area contributed by atoms with Crippen LogP contribution in [-0.2, 0) is 4.74 Å². The van der Waals surface area contributed by atoms with Crippen molar-refractivity contribution in [3.63, 3.8) is 0 Å². The summed E-state index contributed by atoms with van der Waals surface area (Å²) in [5.41, 5.74) is 0.366. The molecule has 1 aromatic rings. The lowest BCUT2D eigenvalue weighted by Gasteiger charge is -2.13. The molecule has 0 heterocycles. The summed E-state index contributed by atoms with van der Waals surface area (Å²) in [4.78, 5) is 17.8. The van der Waals surface area contributed by atoms with Crippen molar-refractivity contribution in [3.8, 4) is 0 Å². The Morgan fingerprint density at radius 1 is 1.30 bits per heavy atom. The third-order valence-corrected chi connectivity index (χ3v) is 2.97. The third kappa shape index (κ3) is 8.30. The van der Waals surface area contributed by atoms with Gasteiger partial charge in [0.2, 0.25) is 0 Å². The molecule has 0 aliphatic rings. The molecule has 0 aliphatic heterocycles. The Hall–Kier alpha value is -1.95. The Kier molecular flexibility index (Phi) is 8.26. The van der Waals surface area contributed by atoms with Crippen molar-refractivity contribution < 1.29 is 18.8 Å². The van der Waals surface area contributed by atoms with Crippen LogP contribution in [0.5, 0.6) is 0 Å². The predicted molar refractivity (Wildman–Crippen MR) is 89.3 cm³/mol. The molecule has 0 unspecified atom stereocenters. The molecule has 2 N–H and O–H groups in total. The predicted octanol–water partition coefficient (Wildman–Crippen LogP) is 1.12. The molecule has 0 fully saturated rings. The summed E-state index contributed by atoms with van der Waals surface area (Å²) in [6, 6.07) is 5.59. The fraction of sp³-hybridized carbons (Fsp3) is 0.529. The first-order valence-electron chi connectivity index (χ1n) is 7.91. The number of nitrogens with one attached hydrogen (secondary N) is 2. The van der Waals surface area contributed by atoms with E-state index in [0.29, 0.717) is 24.6 Å². The van der Waals surface area contributed by atoms with Crippen molar-refractivity contribution >= 4 is 11.9 Å². The molecule has 5 nitrogen and oxygen atoms in total. The smallest absolute Gasteiger partial charge is 0.291 e. The molecule has 0 spiro atoms. The molecule has 0 saturated carbocycles. The summed E-state index contributed by atoms with van der Waals surface area (Å²) in [5, 5.41) is 2.66. The molecule has 1 aromatic carbocycles. The summed E-state index contributed by atoms with van der Waals surface area (Å²) in [6.07, 6.45) is 0.906. The van der Waals surface area contributed by atoms with E-state index in [-0.39, 0.29) is 17.7 Å². The van der Waals surface area contributed by atoms with Crippen molar-refractivity contribution in [3.05, 3.63) is 35.6 Å². The number of hydrogen-bond acceptors (Lipinski definition) is 3. The number of quaternary nitrogens is 1. The second kappa shape index (κ2) is 9.94. The Labute approximate surface area is 137 Å². The van der Waals surface area contributed by atoms with Gasteiger partial charge in [-0.3, -0.25) is 10.1 Å². The normalized spacial score (nSPS) is 11.9. The molecular weight excluding hydrogens is 297 g/mol. The van der Waals surface area contributed by atoms with E-state index in [4.69, 9.17) is 4.74 Å². The van der Waals surface area contributed by atoms with E-state index in [1.165, 1.54) is 29.2 Å². The lowest BCUT2D eigenvalue weighted by molar-refractivity contribution is -0.858. The highest BCUT2D eigenvalue weighted by atomic mass is 19.1. The van der Waals surface area contributed by atoms with Gasteiger partial charge >= 0.3 is 0 Å². The minimum atomic E-state index is -0.377. The van der Waals surface area contributed by atoms with Crippen LogP contribution in [0.3, 0.4) is 0 Å². The summed E-state index contributed by atoms with van der Waals surface area (Å²) in [6.45, 7) is 6.10. The standard InChI is InChI=1S/C17H26FN3O2/c1-13(2)12-23-17(19-10-5-11-21(3)4)20-16(22)14-6-8-15(18)9-7-14/h6-9,13H,5,10-12H2,1-4H3,(H,19,20,22)/p+1. The van der Waals surface area contributed by atoms with Crippen LogP contribution in [0.1, 0.15) is 30.6 Å². The van der Waals surface area contributed by atoms with E-state index in [9.17, 15) is 9.18 Å². The van der Waals surface area contributed by atoms with Crippen molar-refractivity contribution in [2.75, 3.05) is 33.8 Å². The van der Waals surface area contributed by atoms with Gasteiger partial charge in [-0.25, -0.2) is 9.38 Å². The van der Waals surface area contributed by atoms with Crippen molar-refractivity contribution in [2.24, 2.45) is 10.9 Å². The monoisotopic (exact) mass is 324 g/mol. The number of nitrogens with zero attached hydrogens (tertiary/aromatic N) is 1. The molecule has 1 rings (SSSR count). The third-order valence-electron chi connectivity index (χ3n) is 2.97. The molecule has 0 saturated heterocycles. The zero-order chi connectivity index (χ0) is 17.2. The average Bonchev–Trinajstić information content (AvgIpc) is 2.49. The zero-order valence-corrected chi connectivity index (χ0v) is 14.4. The molecule has 0 atom stereocenters. The molecule has 128 valence electrons. The Morgan fingerprint density at radius 2 is 1.96 bits per heavy atom. The van der Waals surface area contributed by atoms with Gasteiger partial charge in [0.15, 0.2) is 0 Å².